The van der Waals surface area contributed by atoms with Gasteiger partial charge in [-0.1, -0.05) is 0 Å². The fraction of sp³-hybridized carbons (Fsp3) is 0.636. The zero-order valence-corrected chi connectivity index (χ0v) is 10.3. The Morgan fingerprint density at radius 3 is 2.69 bits per heavy atom. The summed E-state index contributed by atoms with van der Waals surface area (Å²) in [4.78, 5) is 2.52. The van der Waals surface area contributed by atoms with E-state index in [2.05, 4.69) is 37.0 Å². The maximum atomic E-state index is 2.52. The van der Waals surface area contributed by atoms with E-state index in [0.717, 1.165) is 0 Å². The second-order valence-corrected chi connectivity index (χ2v) is 5.61. The summed E-state index contributed by atoms with van der Waals surface area (Å²) in [6, 6.07) is 0. The molecule has 0 aromatic heterocycles. The van der Waals surface area contributed by atoms with E-state index < -0.39 is 0 Å². The van der Waals surface area contributed by atoms with Crippen LogP contribution in [0.3, 0.4) is 0 Å². The molecule has 0 amide bonds. The Morgan fingerprint density at radius 1 is 1.38 bits per heavy atom. The summed E-state index contributed by atoms with van der Waals surface area (Å²) in [6.45, 7) is 8.23. The summed E-state index contributed by atoms with van der Waals surface area (Å²) in [5.74, 6) is 0. The Morgan fingerprint density at radius 2 is 2.15 bits per heavy atom. The van der Waals surface area contributed by atoms with Gasteiger partial charge in [0.2, 0.25) is 0 Å². The number of rotatable bonds is 6. The van der Waals surface area contributed by atoms with E-state index in [-0.39, 0.29) is 19.2 Å². The molecule has 0 unspecified atom stereocenters. The minimum absolute atomic E-state index is 0.203. The predicted molar refractivity (Wildman–Crippen MR) is 54.4 cm³/mol. The molecule has 1 rings (SSSR count). The first kappa shape index (κ1) is 11.2. The molecule has 13 heavy (non-hydrogen) atoms. The van der Waals surface area contributed by atoms with Crippen LogP contribution in [0.1, 0.15) is 20.3 Å². The summed E-state index contributed by atoms with van der Waals surface area (Å²) < 4.78 is 3.17. The molecule has 0 heterocycles. The van der Waals surface area contributed by atoms with Gasteiger partial charge in [0.1, 0.15) is 0 Å². The van der Waals surface area contributed by atoms with Crippen molar-refractivity contribution in [1.82, 2.24) is 4.90 Å². The zero-order valence-electron chi connectivity index (χ0n) is 8.71. The maximum absolute atomic E-state index is 2.52. The van der Waals surface area contributed by atoms with Crippen LogP contribution in [-0.2, 0) is 19.2 Å². The Labute approximate surface area is 90.8 Å². The molecule has 0 aliphatic heterocycles. The van der Waals surface area contributed by atoms with Crippen molar-refractivity contribution in [2.45, 2.75) is 25.0 Å². The van der Waals surface area contributed by atoms with Gasteiger partial charge in [0, 0.05) is 0 Å². The fourth-order valence-corrected chi connectivity index (χ4v) is 3.41. The predicted octanol–water partition coefficient (Wildman–Crippen LogP) is 2.67. The molecular weight excluding hydrogens is 194 g/mol. The van der Waals surface area contributed by atoms with E-state index in [4.69, 9.17) is 0 Å². The van der Waals surface area contributed by atoms with Gasteiger partial charge in [-0.15, -0.1) is 0 Å². The van der Waals surface area contributed by atoms with Gasteiger partial charge in [-0.25, -0.2) is 0 Å². The van der Waals surface area contributed by atoms with Gasteiger partial charge in [0.05, 0.1) is 0 Å². The third kappa shape index (κ3) is 4.26. The van der Waals surface area contributed by atoms with Crippen molar-refractivity contribution in [1.29, 1.82) is 0 Å². The van der Waals surface area contributed by atoms with Crippen molar-refractivity contribution < 1.29 is 19.2 Å². The Balaban J connectivity index is 2.06. The van der Waals surface area contributed by atoms with E-state index in [0.29, 0.717) is 0 Å². The van der Waals surface area contributed by atoms with Crippen LogP contribution in [0.2, 0.25) is 4.73 Å². The van der Waals surface area contributed by atoms with E-state index in [9.17, 15) is 0 Å². The van der Waals surface area contributed by atoms with Gasteiger partial charge in [-0.05, 0) is 0 Å². The van der Waals surface area contributed by atoms with Crippen molar-refractivity contribution in [3.8, 4) is 0 Å². The summed E-state index contributed by atoms with van der Waals surface area (Å²) in [5.41, 5.74) is 0. The van der Waals surface area contributed by atoms with E-state index in [1.54, 1.807) is 3.88 Å². The van der Waals surface area contributed by atoms with E-state index in [1.807, 2.05) is 0 Å². The average Bonchev–Trinajstić information content (AvgIpc) is 2.65. The summed E-state index contributed by atoms with van der Waals surface area (Å²) in [6.07, 6.45) is 8.05. The molecule has 0 aromatic carbocycles. The topological polar surface area (TPSA) is 3.24 Å². The minimum atomic E-state index is 0.203. The molecule has 1 aliphatic rings. The van der Waals surface area contributed by atoms with Gasteiger partial charge in [-0.3, -0.25) is 0 Å². The normalized spacial score (nSPS) is 15.2. The Bertz CT molecular complexity index is 192. The summed E-state index contributed by atoms with van der Waals surface area (Å²) >= 11 is 0.203. The van der Waals surface area contributed by atoms with Crippen molar-refractivity contribution in [2.24, 2.45) is 0 Å². The van der Waals surface area contributed by atoms with Crippen molar-refractivity contribution in [2.75, 3.05) is 19.6 Å². The average molecular weight is 213 g/mol. The molecule has 1 nitrogen and oxygen atoms in total. The first-order chi connectivity index (χ1) is 6.36. The Hall–Kier alpha value is 0.154. The first-order valence-corrected chi connectivity index (χ1v) is 7.07. The third-order valence-corrected chi connectivity index (χ3v) is 4.47. The van der Waals surface area contributed by atoms with Crippen molar-refractivity contribution >= 4 is 0 Å². The molecular formula is C11H19NTi. The summed E-state index contributed by atoms with van der Waals surface area (Å²) in [5, 5.41) is 0. The second kappa shape index (κ2) is 6.58. The molecule has 2 heteroatoms. The standard InChI is InChI=1S/C6H14N.C5H5.Ti/c1-4-7(5-2)6-3;1-2-4-5-3-1;/h1,4-6H2,2-3H3;1-3H,4H2;. The van der Waals surface area contributed by atoms with Crippen LogP contribution in [0.5, 0.6) is 0 Å². The second-order valence-electron chi connectivity index (χ2n) is 3.28. The molecule has 72 valence electrons. The van der Waals surface area contributed by atoms with E-state index >= 15 is 0 Å². The van der Waals surface area contributed by atoms with Gasteiger partial charge < -0.3 is 0 Å². The van der Waals surface area contributed by atoms with Crippen LogP contribution in [0.4, 0.5) is 0 Å². The van der Waals surface area contributed by atoms with Crippen molar-refractivity contribution in [3.05, 3.63) is 22.1 Å². The molecule has 0 saturated carbocycles. The molecule has 0 N–H and O–H groups in total. The molecule has 1 aliphatic carbocycles. The van der Waals surface area contributed by atoms with Crippen LogP contribution < -0.4 is 0 Å². The first-order valence-electron chi connectivity index (χ1n) is 5.18. The molecule has 0 atom stereocenters. The number of hydrogen-bond acceptors (Lipinski definition) is 1. The quantitative estimate of drug-likeness (QED) is 0.613. The van der Waals surface area contributed by atoms with Crippen LogP contribution in [0.25, 0.3) is 0 Å². The van der Waals surface area contributed by atoms with Crippen LogP contribution in [0.15, 0.2) is 22.1 Å². The Kier molecular flexibility index (Phi) is 5.69. The zero-order chi connectivity index (χ0) is 9.52. The summed E-state index contributed by atoms with van der Waals surface area (Å²) in [7, 11) is 0. The molecule has 0 bridgehead atoms. The monoisotopic (exact) mass is 213 g/mol. The molecule has 0 spiro atoms. The molecule has 0 saturated heterocycles. The number of nitrogens with zero attached hydrogens (tertiary/aromatic N) is 1. The number of allylic oxidation sites excluding steroid dienone is 4. The van der Waals surface area contributed by atoms with Crippen LogP contribution in [-0.4, -0.2) is 24.5 Å². The van der Waals surface area contributed by atoms with Crippen molar-refractivity contribution in [3.63, 3.8) is 0 Å². The SMILES string of the molecule is CCN(CC)C[CH2][Ti][C]1=CC=CC1. The fourth-order valence-electron chi connectivity index (χ4n) is 1.49. The number of hydrogen-bond donors (Lipinski definition) is 0. The van der Waals surface area contributed by atoms with Crippen LogP contribution >= 0.6 is 0 Å². The molecule has 0 radical (unpaired) electrons. The van der Waals surface area contributed by atoms with Gasteiger partial charge in [0.25, 0.3) is 0 Å². The molecule has 0 aromatic rings. The van der Waals surface area contributed by atoms with Crippen LogP contribution in [0, 0.1) is 0 Å². The van der Waals surface area contributed by atoms with Gasteiger partial charge in [-0.2, -0.15) is 0 Å². The molecule has 0 fully saturated rings. The third-order valence-electron chi connectivity index (χ3n) is 2.45. The van der Waals surface area contributed by atoms with E-state index in [1.165, 1.54) is 30.8 Å². The van der Waals surface area contributed by atoms with Gasteiger partial charge in [0.15, 0.2) is 0 Å². The van der Waals surface area contributed by atoms with Gasteiger partial charge >= 0.3 is 90.8 Å².